The molecule has 0 bridgehead atoms. The number of alkyl halides is 6. The first-order chi connectivity index (χ1) is 18.2. The van der Waals surface area contributed by atoms with Crippen LogP contribution in [0.3, 0.4) is 0 Å². The van der Waals surface area contributed by atoms with Crippen LogP contribution in [0.25, 0.3) is 0 Å². The van der Waals surface area contributed by atoms with Crippen molar-refractivity contribution in [2.45, 2.75) is 25.6 Å². The molecule has 0 atom stereocenters. The lowest BCUT2D eigenvalue weighted by molar-refractivity contribution is -0.396. The van der Waals surface area contributed by atoms with Crippen molar-refractivity contribution < 1.29 is 64.2 Å². The van der Waals surface area contributed by atoms with E-state index in [2.05, 4.69) is 13.6 Å². The summed E-state index contributed by atoms with van der Waals surface area (Å²) in [7, 11) is -4.58. The van der Waals surface area contributed by atoms with Crippen molar-refractivity contribution in [1.29, 1.82) is 0 Å². The van der Waals surface area contributed by atoms with Crippen molar-refractivity contribution in [1.82, 2.24) is 0 Å². The molecule has 0 N–H and O–H groups in total. The molecule has 0 aliphatic carbocycles. The van der Waals surface area contributed by atoms with Crippen LogP contribution in [-0.2, 0) is 43.7 Å². The fraction of sp³-hybridized carbons (Fsp3) is 0.294. The Bertz CT molecular complexity index is 1260. The first kappa shape index (κ1) is 31.9. The molecule has 0 spiro atoms. The zero-order chi connectivity index (χ0) is 30.8. The van der Waals surface area contributed by atoms with Gasteiger partial charge < -0.3 is 0 Å². The van der Waals surface area contributed by atoms with Crippen molar-refractivity contribution in [3.63, 3.8) is 0 Å². The summed E-state index contributed by atoms with van der Waals surface area (Å²) in [5, 5.41) is 45.2. The van der Waals surface area contributed by atoms with Crippen molar-refractivity contribution in [2.75, 3.05) is 7.11 Å². The van der Waals surface area contributed by atoms with Crippen LogP contribution >= 0.6 is 7.82 Å². The number of hydrogen-bond donors (Lipinski definition) is 0. The molecule has 16 nitrogen and oxygen atoms in total. The van der Waals surface area contributed by atoms with Crippen LogP contribution in [0, 0.1) is 40.5 Å². The average molecular weight is 608 g/mol. The number of nitro groups is 4. The maximum absolute atomic E-state index is 13.0. The molecule has 0 aliphatic heterocycles. The van der Waals surface area contributed by atoms with Gasteiger partial charge in [0.1, 0.15) is 11.1 Å². The molecule has 0 radical (unpaired) electrons. The van der Waals surface area contributed by atoms with Gasteiger partial charge in [0, 0.05) is 31.4 Å². The van der Waals surface area contributed by atoms with E-state index in [9.17, 15) is 71.4 Å². The SMILES string of the molecule is COP(=O)(OCc1c([N+](=O)[O-])cc(C(F)(F)F)cc1[N+](=O)[O-])OCc1c([N+](=O)[O-])cc(C(F)(F)F)cc1[N+](=O)[O-]. The summed E-state index contributed by atoms with van der Waals surface area (Å²) in [6, 6.07) is -0.336. The molecule has 40 heavy (non-hydrogen) atoms. The van der Waals surface area contributed by atoms with Gasteiger partial charge in [-0.1, -0.05) is 0 Å². The monoisotopic (exact) mass is 608 g/mol. The third-order valence-corrected chi connectivity index (χ3v) is 6.14. The minimum atomic E-state index is -5.26. The largest absolute Gasteiger partial charge is 0.475 e. The van der Waals surface area contributed by atoms with Crippen LogP contribution in [0.2, 0.25) is 0 Å². The Morgan fingerprint density at radius 2 is 0.900 bits per heavy atom. The quantitative estimate of drug-likeness (QED) is 0.127. The summed E-state index contributed by atoms with van der Waals surface area (Å²) >= 11 is 0. The second-order valence-corrected chi connectivity index (χ2v) is 8.96. The van der Waals surface area contributed by atoms with Crippen molar-refractivity contribution in [3.05, 3.63) is 87.0 Å². The van der Waals surface area contributed by atoms with Gasteiger partial charge in [-0.15, -0.1) is 0 Å². The van der Waals surface area contributed by atoms with E-state index in [0.29, 0.717) is 7.11 Å². The highest BCUT2D eigenvalue weighted by molar-refractivity contribution is 7.48. The third kappa shape index (κ3) is 7.22. The molecule has 23 heteroatoms. The summed E-state index contributed by atoms with van der Waals surface area (Å²) in [6.45, 7) is -2.99. The van der Waals surface area contributed by atoms with E-state index < -0.39 is 98.1 Å². The van der Waals surface area contributed by atoms with E-state index in [1.54, 1.807) is 0 Å². The zero-order valence-electron chi connectivity index (χ0n) is 19.1. The minimum absolute atomic E-state index is 0.0841. The van der Waals surface area contributed by atoms with Gasteiger partial charge >= 0.3 is 20.2 Å². The van der Waals surface area contributed by atoms with Gasteiger partial charge in [-0.2, -0.15) is 26.3 Å². The lowest BCUT2D eigenvalue weighted by atomic mass is 10.1. The van der Waals surface area contributed by atoms with Crippen molar-refractivity contribution in [2.24, 2.45) is 0 Å². The number of nitro benzene ring substituents is 4. The number of benzene rings is 2. The van der Waals surface area contributed by atoms with E-state index in [0.717, 1.165) is 0 Å². The van der Waals surface area contributed by atoms with Gasteiger partial charge in [-0.3, -0.25) is 54.0 Å². The van der Waals surface area contributed by atoms with Crippen LogP contribution in [0.5, 0.6) is 0 Å². The Labute approximate surface area is 215 Å². The molecule has 2 aromatic carbocycles. The Balaban J connectivity index is 2.51. The second-order valence-electron chi connectivity index (χ2n) is 7.19. The molecule has 0 amide bonds. The minimum Gasteiger partial charge on any atom is -0.290 e. The number of nitrogens with zero attached hydrogens (tertiary/aromatic N) is 4. The van der Waals surface area contributed by atoms with Crippen LogP contribution in [0.15, 0.2) is 24.3 Å². The number of phosphoric acid groups is 1. The van der Waals surface area contributed by atoms with Crippen LogP contribution in [-0.4, -0.2) is 26.8 Å². The molecule has 2 aromatic rings. The topological polar surface area (TPSA) is 217 Å². The summed E-state index contributed by atoms with van der Waals surface area (Å²) < 4.78 is 105. The molecule has 0 unspecified atom stereocenters. The molecule has 2 rings (SSSR count). The number of phosphoric ester groups is 1. The van der Waals surface area contributed by atoms with Gasteiger partial charge in [0.15, 0.2) is 0 Å². The molecular formula is C17H11F6N4O12P. The van der Waals surface area contributed by atoms with E-state index in [-0.39, 0.29) is 24.3 Å². The van der Waals surface area contributed by atoms with Gasteiger partial charge in [0.2, 0.25) is 0 Å². The third-order valence-electron chi connectivity index (χ3n) is 4.80. The molecular weight excluding hydrogens is 597 g/mol. The Morgan fingerprint density at radius 3 is 1.07 bits per heavy atom. The fourth-order valence-corrected chi connectivity index (χ4v) is 3.85. The average Bonchev–Trinajstić information content (AvgIpc) is 2.83. The molecule has 218 valence electrons. The van der Waals surface area contributed by atoms with E-state index in [4.69, 9.17) is 0 Å². The highest BCUT2D eigenvalue weighted by Gasteiger charge is 2.40. The first-order valence-electron chi connectivity index (χ1n) is 9.72. The smallest absolute Gasteiger partial charge is 0.290 e. The Hall–Kier alpha value is -4.27. The van der Waals surface area contributed by atoms with Crippen LogP contribution < -0.4 is 0 Å². The normalized spacial score (nSPS) is 12.3. The molecule has 0 fully saturated rings. The highest BCUT2D eigenvalue weighted by atomic mass is 31.2. The number of rotatable bonds is 11. The highest BCUT2D eigenvalue weighted by Crippen LogP contribution is 2.52. The standard InChI is InChI=1S/C17H11F6N4O12P/c1-37-40(36,38-6-10-12(24(28)29)2-8(16(18,19)20)3-13(10)25(30)31)39-7-11-14(26(32)33)4-9(17(21,22)23)5-15(11)27(34)35/h2-5H,6-7H2,1H3. The molecule has 0 aromatic heterocycles. The van der Waals surface area contributed by atoms with Gasteiger partial charge in [-0.05, 0) is 0 Å². The van der Waals surface area contributed by atoms with Crippen molar-refractivity contribution >= 4 is 30.6 Å². The first-order valence-corrected chi connectivity index (χ1v) is 11.2. The summed E-state index contributed by atoms with van der Waals surface area (Å²) in [4.78, 5) is 39.4. The number of hydrogen-bond acceptors (Lipinski definition) is 12. The Morgan fingerprint density at radius 1 is 0.650 bits per heavy atom. The number of halogens is 6. The summed E-state index contributed by atoms with van der Waals surface area (Å²) in [5.41, 5.74) is -11.9. The zero-order valence-corrected chi connectivity index (χ0v) is 20.0. The molecule has 0 saturated carbocycles. The summed E-state index contributed by atoms with van der Waals surface area (Å²) in [6.07, 6.45) is -10.5. The lowest BCUT2D eigenvalue weighted by Crippen LogP contribution is -2.11. The maximum Gasteiger partial charge on any atom is 0.475 e. The van der Waals surface area contributed by atoms with E-state index in [1.165, 1.54) is 0 Å². The predicted octanol–water partition coefficient (Wildman–Crippen LogP) is 5.84. The Kier molecular flexibility index (Phi) is 9.15. The van der Waals surface area contributed by atoms with Gasteiger partial charge in [-0.25, -0.2) is 4.57 Å². The predicted molar refractivity (Wildman–Crippen MR) is 114 cm³/mol. The maximum atomic E-state index is 13.0. The summed E-state index contributed by atoms with van der Waals surface area (Å²) in [5.74, 6) is 0. The second kappa shape index (κ2) is 11.5. The lowest BCUT2D eigenvalue weighted by Gasteiger charge is -2.17. The van der Waals surface area contributed by atoms with E-state index in [1.807, 2.05) is 0 Å². The van der Waals surface area contributed by atoms with Gasteiger partial charge in [0.25, 0.3) is 22.7 Å². The molecule has 0 aliphatic rings. The van der Waals surface area contributed by atoms with Crippen LogP contribution in [0.4, 0.5) is 49.1 Å². The van der Waals surface area contributed by atoms with Gasteiger partial charge in [0.05, 0.1) is 44.0 Å². The van der Waals surface area contributed by atoms with Crippen molar-refractivity contribution in [3.8, 4) is 0 Å². The molecule has 0 saturated heterocycles. The fourth-order valence-electron chi connectivity index (χ4n) is 2.99. The van der Waals surface area contributed by atoms with Crippen LogP contribution in [0.1, 0.15) is 22.3 Å². The van der Waals surface area contributed by atoms with E-state index >= 15 is 0 Å². The molecule has 0 heterocycles.